The molecule has 8 heavy (non-hydrogen) atoms. The second-order valence-electron chi connectivity index (χ2n) is 1.18. The number of hydrogen-bond acceptors (Lipinski definition) is 1. The van der Waals surface area contributed by atoms with Crippen molar-refractivity contribution in [3.05, 3.63) is 24.5 Å². The molecule has 0 N–H and O–H groups in total. The van der Waals surface area contributed by atoms with Crippen LogP contribution in [0, 0.1) is 0 Å². The zero-order valence-electron chi connectivity index (χ0n) is 5.48. The minimum atomic E-state index is 0.707. The van der Waals surface area contributed by atoms with Crippen LogP contribution in [-0.4, -0.2) is 6.61 Å². The minimum Gasteiger partial charge on any atom is -0.490 e. The first kappa shape index (κ1) is 7.28. The molecule has 0 radical (unpaired) electrons. The van der Waals surface area contributed by atoms with E-state index in [1.165, 1.54) is 0 Å². The average molecular weight is 112 g/mol. The summed E-state index contributed by atoms with van der Waals surface area (Å²) >= 11 is 0. The Balaban J connectivity index is 0.000000222. The van der Waals surface area contributed by atoms with Crippen LogP contribution in [0.4, 0.5) is 0 Å². The summed E-state index contributed by atoms with van der Waals surface area (Å²) in [5.74, 6) is 0.773. The zero-order chi connectivity index (χ0) is 6.41. The fraction of sp³-hybridized carbons (Fsp3) is 0.429. The maximum atomic E-state index is 4.85. The van der Waals surface area contributed by atoms with E-state index in [1.54, 1.807) is 0 Å². The van der Waals surface area contributed by atoms with Gasteiger partial charge in [-0.2, -0.15) is 0 Å². The Morgan fingerprint density at radius 2 is 2.25 bits per heavy atom. The molecule has 0 aromatic rings. The molecule has 0 unspecified atom stereocenters. The topological polar surface area (TPSA) is 9.23 Å². The zero-order valence-corrected chi connectivity index (χ0v) is 5.48. The fourth-order valence-corrected chi connectivity index (χ4v) is 0.383. The van der Waals surface area contributed by atoms with Crippen molar-refractivity contribution in [1.82, 2.24) is 0 Å². The number of hydrogen-bond donors (Lipinski definition) is 0. The summed E-state index contributed by atoms with van der Waals surface area (Å²) in [5.41, 5.74) is 0. The molecule has 1 aliphatic rings. The lowest BCUT2D eigenvalue weighted by Crippen LogP contribution is -1.74. The molecular formula is C7H12O. The van der Waals surface area contributed by atoms with Gasteiger partial charge in [0.15, 0.2) is 0 Å². The van der Waals surface area contributed by atoms with Gasteiger partial charge in [-0.25, -0.2) is 0 Å². The lowest BCUT2D eigenvalue weighted by molar-refractivity contribution is 0.280. The van der Waals surface area contributed by atoms with Gasteiger partial charge < -0.3 is 4.74 Å². The second-order valence-corrected chi connectivity index (χ2v) is 1.18. The van der Waals surface area contributed by atoms with E-state index < -0.39 is 0 Å². The molecule has 1 aliphatic heterocycles. The summed E-state index contributed by atoms with van der Waals surface area (Å²) in [4.78, 5) is 0. The van der Waals surface area contributed by atoms with Crippen molar-refractivity contribution in [1.29, 1.82) is 0 Å². The Hall–Kier alpha value is -0.720. The van der Waals surface area contributed by atoms with Crippen molar-refractivity contribution >= 4 is 0 Å². The molecule has 0 amide bonds. The molecule has 0 spiro atoms. The van der Waals surface area contributed by atoms with Crippen molar-refractivity contribution in [3.63, 3.8) is 0 Å². The SMILES string of the molecule is C=C1C=CCO1.CC. The highest BCUT2D eigenvalue weighted by molar-refractivity contribution is 5.12. The molecular weight excluding hydrogens is 100 g/mol. The van der Waals surface area contributed by atoms with Crippen LogP contribution < -0.4 is 0 Å². The van der Waals surface area contributed by atoms with E-state index in [1.807, 2.05) is 26.0 Å². The summed E-state index contributed by atoms with van der Waals surface area (Å²) in [5, 5.41) is 0. The monoisotopic (exact) mass is 112 g/mol. The van der Waals surface area contributed by atoms with Crippen molar-refractivity contribution in [2.45, 2.75) is 13.8 Å². The maximum absolute atomic E-state index is 4.85. The van der Waals surface area contributed by atoms with Gasteiger partial charge in [0.05, 0.1) is 0 Å². The summed E-state index contributed by atoms with van der Waals surface area (Å²) in [6, 6.07) is 0. The first-order chi connectivity index (χ1) is 3.89. The van der Waals surface area contributed by atoms with Crippen molar-refractivity contribution in [3.8, 4) is 0 Å². The van der Waals surface area contributed by atoms with Crippen LogP contribution in [0.15, 0.2) is 24.5 Å². The molecule has 0 aromatic heterocycles. The van der Waals surface area contributed by atoms with E-state index in [-0.39, 0.29) is 0 Å². The predicted octanol–water partition coefficient (Wildman–Crippen LogP) is 2.11. The quantitative estimate of drug-likeness (QED) is 0.466. The smallest absolute Gasteiger partial charge is 0.112 e. The van der Waals surface area contributed by atoms with Crippen molar-refractivity contribution in [2.24, 2.45) is 0 Å². The van der Waals surface area contributed by atoms with Crippen molar-refractivity contribution < 1.29 is 4.74 Å². The van der Waals surface area contributed by atoms with Gasteiger partial charge in [-0.1, -0.05) is 20.4 Å². The molecule has 0 aliphatic carbocycles. The van der Waals surface area contributed by atoms with E-state index in [4.69, 9.17) is 4.74 Å². The number of allylic oxidation sites excluding steroid dienone is 1. The highest BCUT2D eigenvalue weighted by Crippen LogP contribution is 2.01. The first-order valence-corrected chi connectivity index (χ1v) is 2.88. The minimum absolute atomic E-state index is 0.707. The summed E-state index contributed by atoms with van der Waals surface area (Å²) in [6.45, 7) is 8.25. The Morgan fingerprint density at radius 1 is 1.62 bits per heavy atom. The molecule has 0 saturated carbocycles. The van der Waals surface area contributed by atoms with Crippen LogP contribution in [0.1, 0.15) is 13.8 Å². The molecule has 1 nitrogen and oxygen atoms in total. The highest BCUT2D eigenvalue weighted by Gasteiger charge is 1.90. The van der Waals surface area contributed by atoms with Gasteiger partial charge in [-0.15, -0.1) is 0 Å². The van der Waals surface area contributed by atoms with Crippen LogP contribution in [0.25, 0.3) is 0 Å². The third-order valence-corrected chi connectivity index (χ3v) is 0.669. The normalized spacial score (nSPS) is 14.5. The Morgan fingerprint density at radius 3 is 2.38 bits per heavy atom. The van der Waals surface area contributed by atoms with Gasteiger partial charge >= 0.3 is 0 Å². The molecule has 0 fully saturated rings. The Kier molecular flexibility index (Phi) is 4.04. The van der Waals surface area contributed by atoms with Crippen LogP contribution in [0.5, 0.6) is 0 Å². The van der Waals surface area contributed by atoms with Gasteiger partial charge in [0.25, 0.3) is 0 Å². The van der Waals surface area contributed by atoms with E-state index in [0.29, 0.717) is 6.61 Å². The lowest BCUT2D eigenvalue weighted by atomic mass is 10.5. The molecule has 0 aromatic carbocycles. The molecule has 46 valence electrons. The fourth-order valence-electron chi connectivity index (χ4n) is 0.383. The van der Waals surface area contributed by atoms with Crippen molar-refractivity contribution in [2.75, 3.05) is 6.61 Å². The third kappa shape index (κ3) is 2.45. The summed E-state index contributed by atoms with van der Waals surface area (Å²) in [7, 11) is 0. The Labute approximate surface area is 50.7 Å². The number of ether oxygens (including phenoxy) is 1. The molecule has 1 heteroatoms. The van der Waals surface area contributed by atoms with Crippen LogP contribution in [-0.2, 0) is 4.74 Å². The maximum Gasteiger partial charge on any atom is 0.112 e. The average Bonchev–Trinajstić information content (AvgIpc) is 2.24. The standard InChI is InChI=1S/C5H6O.C2H6/c1-5-3-2-4-6-5;1-2/h2-3H,1,4H2;1-2H3. The first-order valence-electron chi connectivity index (χ1n) is 2.88. The molecule has 1 heterocycles. The van der Waals surface area contributed by atoms with Crippen LogP contribution in [0.2, 0.25) is 0 Å². The van der Waals surface area contributed by atoms with Gasteiger partial charge in [0, 0.05) is 0 Å². The summed E-state index contributed by atoms with van der Waals surface area (Å²) in [6.07, 6.45) is 3.79. The van der Waals surface area contributed by atoms with Gasteiger partial charge in [0.2, 0.25) is 0 Å². The van der Waals surface area contributed by atoms with E-state index in [2.05, 4.69) is 6.58 Å². The number of rotatable bonds is 0. The molecule has 0 bridgehead atoms. The van der Waals surface area contributed by atoms with E-state index in [0.717, 1.165) is 5.76 Å². The van der Waals surface area contributed by atoms with E-state index in [9.17, 15) is 0 Å². The lowest BCUT2D eigenvalue weighted by Gasteiger charge is -1.88. The van der Waals surface area contributed by atoms with Gasteiger partial charge in [-0.05, 0) is 12.2 Å². The molecule has 1 rings (SSSR count). The van der Waals surface area contributed by atoms with E-state index >= 15 is 0 Å². The largest absolute Gasteiger partial charge is 0.490 e. The Bertz CT molecular complexity index is 92.6. The molecule has 0 saturated heterocycles. The second kappa shape index (κ2) is 4.44. The highest BCUT2D eigenvalue weighted by atomic mass is 16.5. The third-order valence-electron chi connectivity index (χ3n) is 0.669. The van der Waals surface area contributed by atoms with Gasteiger partial charge in [-0.3, -0.25) is 0 Å². The predicted molar refractivity (Wildman–Crippen MR) is 35.6 cm³/mol. The van der Waals surface area contributed by atoms with Crippen LogP contribution >= 0.6 is 0 Å². The van der Waals surface area contributed by atoms with Gasteiger partial charge in [0.1, 0.15) is 12.4 Å². The summed E-state index contributed by atoms with van der Waals surface area (Å²) < 4.78 is 4.85. The molecule has 0 atom stereocenters. The van der Waals surface area contributed by atoms with Crippen LogP contribution in [0.3, 0.4) is 0 Å².